The molecule has 1 saturated carbocycles. The fourth-order valence-corrected chi connectivity index (χ4v) is 5.75. The standard InChI is InChI=1S/C27H35N3O2/c1-21-18-22(8-9-25(21)32-2)20-28-12-10-27(11-13-28)19-24(27)26(31)30-16-14-29(15-17-30)23-6-4-3-5-7-23/h3-9,18,24H,10-17,19-20H2,1-2H3. The van der Waals surface area contributed by atoms with Crippen LogP contribution in [0, 0.1) is 18.3 Å². The highest BCUT2D eigenvalue weighted by atomic mass is 16.5. The maximum Gasteiger partial charge on any atom is 0.226 e. The van der Waals surface area contributed by atoms with Crippen LogP contribution in [0.3, 0.4) is 0 Å². The van der Waals surface area contributed by atoms with Gasteiger partial charge in [0.15, 0.2) is 0 Å². The van der Waals surface area contributed by atoms with Crippen molar-refractivity contribution in [3.05, 3.63) is 59.7 Å². The number of carbonyl (C=O) groups excluding carboxylic acids is 1. The third kappa shape index (κ3) is 4.23. The van der Waals surface area contributed by atoms with Crippen molar-refractivity contribution < 1.29 is 9.53 Å². The highest BCUT2D eigenvalue weighted by molar-refractivity contribution is 5.83. The second-order valence-corrected chi connectivity index (χ2v) is 9.85. The van der Waals surface area contributed by atoms with Crippen molar-refractivity contribution in [3.8, 4) is 5.75 Å². The number of likely N-dealkylation sites (tertiary alicyclic amines) is 1. The molecule has 0 aromatic heterocycles. The van der Waals surface area contributed by atoms with Crippen LogP contribution >= 0.6 is 0 Å². The van der Waals surface area contributed by atoms with Gasteiger partial charge in [0.05, 0.1) is 7.11 Å². The lowest BCUT2D eigenvalue weighted by molar-refractivity contribution is -0.134. The lowest BCUT2D eigenvalue weighted by Gasteiger charge is -2.37. The Balaban J connectivity index is 1.10. The zero-order chi connectivity index (χ0) is 22.1. The predicted molar refractivity (Wildman–Crippen MR) is 128 cm³/mol. The average molecular weight is 434 g/mol. The largest absolute Gasteiger partial charge is 0.496 e. The van der Waals surface area contributed by atoms with E-state index in [0.717, 1.165) is 70.8 Å². The predicted octanol–water partition coefficient (Wildman–Crippen LogP) is 3.95. The Labute approximate surface area is 191 Å². The number of piperazine rings is 1. The summed E-state index contributed by atoms with van der Waals surface area (Å²) in [5, 5.41) is 0. The second-order valence-electron chi connectivity index (χ2n) is 9.85. The van der Waals surface area contributed by atoms with Crippen molar-refractivity contribution in [1.29, 1.82) is 0 Å². The smallest absolute Gasteiger partial charge is 0.226 e. The van der Waals surface area contributed by atoms with E-state index in [1.54, 1.807) is 7.11 Å². The summed E-state index contributed by atoms with van der Waals surface area (Å²) in [6, 6.07) is 17.0. The Kier molecular flexibility index (Phi) is 5.85. The number of hydrogen-bond donors (Lipinski definition) is 0. The van der Waals surface area contributed by atoms with Crippen LogP contribution in [0.1, 0.15) is 30.4 Å². The number of piperidine rings is 1. The van der Waals surface area contributed by atoms with E-state index < -0.39 is 0 Å². The Morgan fingerprint density at radius 1 is 1.00 bits per heavy atom. The van der Waals surface area contributed by atoms with Gasteiger partial charge in [0, 0.05) is 44.3 Å². The van der Waals surface area contributed by atoms with Crippen molar-refractivity contribution in [2.75, 3.05) is 51.3 Å². The molecule has 3 aliphatic rings. The first-order valence-corrected chi connectivity index (χ1v) is 12.0. The van der Waals surface area contributed by atoms with Crippen molar-refractivity contribution in [1.82, 2.24) is 9.80 Å². The third-order valence-electron chi connectivity index (χ3n) is 7.92. The van der Waals surface area contributed by atoms with Crippen LogP contribution in [-0.2, 0) is 11.3 Å². The molecule has 2 aromatic carbocycles. The van der Waals surface area contributed by atoms with Gasteiger partial charge in [-0.15, -0.1) is 0 Å². The van der Waals surface area contributed by atoms with Crippen molar-refractivity contribution in [2.45, 2.75) is 32.7 Å². The number of carbonyl (C=O) groups is 1. The number of rotatable bonds is 5. The summed E-state index contributed by atoms with van der Waals surface area (Å²) < 4.78 is 5.39. The van der Waals surface area contributed by atoms with Crippen LogP contribution in [0.15, 0.2) is 48.5 Å². The lowest BCUT2D eigenvalue weighted by atomic mass is 9.90. The molecule has 2 heterocycles. The molecule has 2 aliphatic heterocycles. The van der Waals surface area contributed by atoms with Crippen LogP contribution in [0.2, 0.25) is 0 Å². The first-order chi connectivity index (χ1) is 15.6. The van der Waals surface area contributed by atoms with Crippen LogP contribution in [-0.4, -0.2) is 62.1 Å². The summed E-state index contributed by atoms with van der Waals surface area (Å²) in [4.78, 5) is 20.3. The zero-order valence-electron chi connectivity index (χ0n) is 19.4. The molecule has 5 rings (SSSR count). The number of methoxy groups -OCH3 is 1. The van der Waals surface area contributed by atoms with Crippen LogP contribution in [0.25, 0.3) is 0 Å². The topological polar surface area (TPSA) is 36.0 Å². The molecule has 0 radical (unpaired) electrons. The van der Waals surface area contributed by atoms with Crippen molar-refractivity contribution in [2.24, 2.45) is 11.3 Å². The summed E-state index contributed by atoms with van der Waals surface area (Å²) in [6.45, 7) is 8.85. The van der Waals surface area contributed by atoms with Crippen molar-refractivity contribution >= 4 is 11.6 Å². The van der Waals surface area contributed by atoms with E-state index in [1.807, 2.05) is 0 Å². The number of amides is 1. The highest BCUT2D eigenvalue weighted by Crippen LogP contribution is 2.60. The van der Waals surface area contributed by atoms with Gasteiger partial charge >= 0.3 is 0 Å². The molecule has 1 spiro atoms. The number of anilines is 1. The Morgan fingerprint density at radius 3 is 2.38 bits per heavy atom. The average Bonchev–Trinajstić information content (AvgIpc) is 3.54. The van der Waals surface area contributed by atoms with Gasteiger partial charge in [0.1, 0.15) is 5.75 Å². The van der Waals surface area contributed by atoms with Gasteiger partial charge < -0.3 is 14.5 Å². The minimum absolute atomic E-state index is 0.260. The normalized spacial score (nSPS) is 22.8. The molecule has 32 heavy (non-hydrogen) atoms. The molecule has 170 valence electrons. The molecule has 1 atom stereocenters. The molecule has 2 saturated heterocycles. The van der Waals surface area contributed by atoms with E-state index in [2.05, 4.69) is 70.2 Å². The van der Waals surface area contributed by atoms with E-state index in [1.165, 1.54) is 16.8 Å². The van der Waals surface area contributed by atoms with E-state index in [9.17, 15) is 4.79 Å². The molecule has 1 aliphatic carbocycles. The molecular weight excluding hydrogens is 398 g/mol. The minimum atomic E-state index is 0.260. The van der Waals surface area contributed by atoms with Gasteiger partial charge in [-0.1, -0.05) is 30.3 Å². The van der Waals surface area contributed by atoms with Gasteiger partial charge in [-0.25, -0.2) is 0 Å². The number of benzene rings is 2. The minimum Gasteiger partial charge on any atom is -0.496 e. The van der Waals surface area contributed by atoms with E-state index in [-0.39, 0.29) is 11.3 Å². The maximum atomic E-state index is 13.2. The van der Waals surface area contributed by atoms with Gasteiger partial charge in [-0.2, -0.15) is 0 Å². The molecule has 1 amide bonds. The summed E-state index contributed by atoms with van der Waals surface area (Å²) in [5.41, 5.74) is 4.08. The first-order valence-electron chi connectivity index (χ1n) is 12.0. The Bertz CT molecular complexity index is 945. The summed E-state index contributed by atoms with van der Waals surface area (Å²) in [7, 11) is 1.72. The summed E-state index contributed by atoms with van der Waals surface area (Å²) >= 11 is 0. The Morgan fingerprint density at radius 2 is 1.72 bits per heavy atom. The molecule has 3 fully saturated rings. The van der Waals surface area contributed by atoms with Gasteiger partial charge in [-0.05, 0) is 74.0 Å². The first kappa shape index (κ1) is 21.3. The highest BCUT2D eigenvalue weighted by Gasteiger charge is 2.59. The molecule has 1 unspecified atom stereocenters. The fraction of sp³-hybridized carbons (Fsp3) is 0.519. The fourth-order valence-electron chi connectivity index (χ4n) is 5.75. The molecule has 5 nitrogen and oxygen atoms in total. The maximum absolute atomic E-state index is 13.2. The number of aryl methyl sites for hydroxylation is 1. The zero-order valence-corrected chi connectivity index (χ0v) is 19.4. The van der Waals surface area contributed by atoms with E-state index in [0.29, 0.717) is 5.91 Å². The molecule has 5 heteroatoms. The summed E-state index contributed by atoms with van der Waals surface area (Å²) in [5.74, 6) is 1.63. The monoisotopic (exact) mass is 433 g/mol. The van der Waals surface area contributed by atoms with Crippen molar-refractivity contribution in [3.63, 3.8) is 0 Å². The van der Waals surface area contributed by atoms with Crippen LogP contribution in [0.5, 0.6) is 5.75 Å². The molecular formula is C27H35N3O2. The molecule has 2 aromatic rings. The number of hydrogen-bond acceptors (Lipinski definition) is 4. The number of ether oxygens (including phenoxy) is 1. The molecule has 0 bridgehead atoms. The summed E-state index contributed by atoms with van der Waals surface area (Å²) in [6.07, 6.45) is 3.41. The van der Waals surface area contributed by atoms with Gasteiger partial charge in [-0.3, -0.25) is 9.69 Å². The Hall–Kier alpha value is -2.53. The van der Waals surface area contributed by atoms with E-state index in [4.69, 9.17) is 4.74 Å². The van der Waals surface area contributed by atoms with Crippen LogP contribution < -0.4 is 9.64 Å². The quantitative estimate of drug-likeness (QED) is 0.715. The van der Waals surface area contributed by atoms with Gasteiger partial charge in [0.2, 0.25) is 5.91 Å². The molecule has 0 N–H and O–H groups in total. The lowest BCUT2D eigenvalue weighted by Crippen LogP contribution is -2.50. The second kappa shape index (κ2) is 8.78. The van der Waals surface area contributed by atoms with Crippen LogP contribution in [0.4, 0.5) is 5.69 Å². The SMILES string of the molecule is COc1ccc(CN2CCC3(CC2)CC3C(=O)N2CCN(c3ccccc3)CC2)cc1C. The number of para-hydroxylation sites is 1. The van der Waals surface area contributed by atoms with E-state index >= 15 is 0 Å². The number of nitrogens with zero attached hydrogens (tertiary/aromatic N) is 3. The third-order valence-corrected chi connectivity index (χ3v) is 7.92. The van der Waals surface area contributed by atoms with Gasteiger partial charge in [0.25, 0.3) is 0 Å².